The van der Waals surface area contributed by atoms with Crippen molar-refractivity contribution in [2.24, 2.45) is 5.92 Å². The lowest BCUT2D eigenvalue weighted by atomic mass is 10.2. The third-order valence-corrected chi connectivity index (χ3v) is 2.28. The van der Waals surface area contributed by atoms with Gasteiger partial charge in [-0.25, -0.2) is 0 Å². The summed E-state index contributed by atoms with van der Waals surface area (Å²) in [5, 5.41) is 13.2. The van der Waals surface area contributed by atoms with Gasteiger partial charge in [-0.15, -0.1) is 0 Å². The van der Waals surface area contributed by atoms with Gasteiger partial charge >= 0.3 is 5.97 Å². The first-order chi connectivity index (χ1) is 6.02. The molecule has 0 aromatic carbocycles. The van der Waals surface area contributed by atoms with E-state index in [4.69, 9.17) is 16.7 Å². The molecule has 0 amide bonds. The first kappa shape index (κ1) is 10.1. The molecule has 0 spiro atoms. The normalized spacial score (nSPS) is 12.8. The maximum Gasteiger partial charge on any atom is 0.308 e. The molecule has 1 heterocycles. The van der Waals surface area contributed by atoms with Gasteiger partial charge in [0, 0.05) is 0 Å². The number of halogens is 1. The van der Waals surface area contributed by atoms with Crippen LogP contribution in [-0.2, 0) is 11.3 Å². The monoisotopic (exact) mass is 202 g/mol. The molecule has 0 fully saturated rings. The van der Waals surface area contributed by atoms with Crippen molar-refractivity contribution in [2.75, 3.05) is 0 Å². The Bertz CT molecular complexity index is 322. The van der Waals surface area contributed by atoms with Gasteiger partial charge in [0.2, 0.25) is 0 Å². The zero-order chi connectivity index (χ0) is 10.0. The van der Waals surface area contributed by atoms with Crippen molar-refractivity contribution < 1.29 is 9.90 Å². The second-order valence-corrected chi connectivity index (χ2v) is 3.41. The Kier molecular flexibility index (Phi) is 2.93. The van der Waals surface area contributed by atoms with Gasteiger partial charge in [-0.2, -0.15) is 5.10 Å². The highest BCUT2D eigenvalue weighted by Crippen LogP contribution is 2.14. The van der Waals surface area contributed by atoms with Crippen LogP contribution in [-0.4, -0.2) is 20.9 Å². The van der Waals surface area contributed by atoms with Crippen LogP contribution >= 0.6 is 11.6 Å². The van der Waals surface area contributed by atoms with Crippen LogP contribution in [0.5, 0.6) is 0 Å². The average Bonchev–Trinajstić information content (AvgIpc) is 2.36. The lowest BCUT2D eigenvalue weighted by Gasteiger charge is -2.07. The standard InChI is InChI=1S/C8H11ClN2O2/c1-5(8(12)13)4-11-6(2)7(9)3-10-11/h3,5H,4H2,1-2H3,(H,12,13). The minimum atomic E-state index is -0.828. The van der Waals surface area contributed by atoms with Gasteiger partial charge in [0.25, 0.3) is 0 Å². The van der Waals surface area contributed by atoms with Crippen LogP contribution in [0.1, 0.15) is 12.6 Å². The molecule has 1 unspecified atom stereocenters. The summed E-state index contributed by atoms with van der Waals surface area (Å²) in [4.78, 5) is 10.5. The first-order valence-corrected chi connectivity index (χ1v) is 4.31. The van der Waals surface area contributed by atoms with Gasteiger partial charge < -0.3 is 5.11 Å². The highest BCUT2D eigenvalue weighted by molar-refractivity contribution is 6.31. The summed E-state index contributed by atoms with van der Waals surface area (Å²) in [7, 11) is 0. The van der Waals surface area contributed by atoms with Gasteiger partial charge in [-0.05, 0) is 6.92 Å². The number of nitrogens with zero attached hydrogens (tertiary/aromatic N) is 2. The molecule has 1 atom stereocenters. The molecule has 4 nitrogen and oxygen atoms in total. The molecular weight excluding hydrogens is 192 g/mol. The van der Waals surface area contributed by atoms with Crippen molar-refractivity contribution >= 4 is 17.6 Å². The molecule has 1 rings (SSSR count). The third kappa shape index (κ3) is 2.21. The summed E-state index contributed by atoms with van der Waals surface area (Å²) in [5.74, 6) is -1.28. The van der Waals surface area contributed by atoms with Gasteiger partial charge in [0.1, 0.15) is 0 Å². The van der Waals surface area contributed by atoms with Crippen LogP contribution < -0.4 is 0 Å². The number of rotatable bonds is 3. The molecule has 0 saturated heterocycles. The minimum Gasteiger partial charge on any atom is -0.481 e. The van der Waals surface area contributed by atoms with E-state index in [-0.39, 0.29) is 0 Å². The lowest BCUT2D eigenvalue weighted by Crippen LogP contribution is -2.18. The van der Waals surface area contributed by atoms with Crippen molar-refractivity contribution in [3.8, 4) is 0 Å². The topological polar surface area (TPSA) is 55.1 Å². The molecule has 0 radical (unpaired) electrons. The SMILES string of the molecule is Cc1c(Cl)cnn1CC(C)C(=O)O. The van der Waals surface area contributed by atoms with E-state index >= 15 is 0 Å². The van der Waals surface area contributed by atoms with E-state index in [1.165, 1.54) is 6.20 Å². The maximum absolute atomic E-state index is 10.5. The molecule has 0 bridgehead atoms. The average molecular weight is 203 g/mol. The molecule has 1 aromatic heterocycles. The Morgan fingerprint density at radius 1 is 1.85 bits per heavy atom. The Labute approximate surface area is 81.1 Å². The fraction of sp³-hybridized carbons (Fsp3) is 0.500. The highest BCUT2D eigenvalue weighted by atomic mass is 35.5. The summed E-state index contributed by atoms with van der Waals surface area (Å²) in [6.07, 6.45) is 1.52. The summed E-state index contributed by atoms with van der Waals surface area (Å²) in [6, 6.07) is 0. The second-order valence-electron chi connectivity index (χ2n) is 3.00. The summed E-state index contributed by atoms with van der Waals surface area (Å²) in [6.45, 7) is 3.80. The largest absolute Gasteiger partial charge is 0.481 e. The molecule has 1 N–H and O–H groups in total. The number of carbonyl (C=O) groups is 1. The molecule has 13 heavy (non-hydrogen) atoms. The highest BCUT2D eigenvalue weighted by Gasteiger charge is 2.13. The van der Waals surface area contributed by atoms with Crippen molar-refractivity contribution in [2.45, 2.75) is 20.4 Å². The van der Waals surface area contributed by atoms with Crippen molar-refractivity contribution in [3.05, 3.63) is 16.9 Å². The molecule has 1 aromatic rings. The number of aliphatic carboxylic acids is 1. The molecule has 0 aliphatic rings. The smallest absolute Gasteiger partial charge is 0.308 e. The van der Waals surface area contributed by atoms with E-state index < -0.39 is 11.9 Å². The van der Waals surface area contributed by atoms with Crippen LogP contribution in [0.15, 0.2) is 6.20 Å². The Balaban J connectivity index is 2.74. The maximum atomic E-state index is 10.5. The van der Waals surface area contributed by atoms with Crippen LogP contribution in [0.2, 0.25) is 5.02 Å². The Hall–Kier alpha value is -1.03. The van der Waals surface area contributed by atoms with Crippen molar-refractivity contribution in [1.29, 1.82) is 0 Å². The lowest BCUT2D eigenvalue weighted by molar-refractivity contribution is -0.141. The summed E-state index contributed by atoms with van der Waals surface area (Å²) < 4.78 is 1.60. The predicted molar refractivity (Wildman–Crippen MR) is 48.8 cm³/mol. The zero-order valence-electron chi connectivity index (χ0n) is 7.49. The van der Waals surface area contributed by atoms with Crippen LogP contribution in [0, 0.1) is 12.8 Å². The van der Waals surface area contributed by atoms with Gasteiger partial charge in [0.15, 0.2) is 0 Å². The number of hydrogen-bond acceptors (Lipinski definition) is 2. The molecule has 72 valence electrons. The van der Waals surface area contributed by atoms with E-state index in [1.54, 1.807) is 11.6 Å². The predicted octanol–water partition coefficient (Wildman–Crippen LogP) is 1.57. The van der Waals surface area contributed by atoms with Crippen LogP contribution in [0.4, 0.5) is 0 Å². The van der Waals surface area contributed by atoms with Crippen molar-refractivity contribution in [1.82, 2.24) is 9.78 Å². The number of carboxylic acid groups (broad SMARTS) is 1. The van der Waals surface area contributed by atoms with E-state index in [1.807, 2.05) is 6.92 Å². The van der Waals surface area contributed by atoms with E-state index in [9.17, 15) is 4.79 Å². The molecule has 0 aliphatic carbocycles. The third-order valence-electron chi connectivity index (χ3n) is 1.91. The number of hydrogen-bond donors (Lipinski definition) is 1. The number of aromatic nitrogens is 2. The first-order valence-electron chi connectivity index (χ1n) is 3.93. The molecule has 0 saturated carbocycles. The van der Waals surface area contributed by atoms with E-state index in [0.29, 0.717) is 11.6 Å². The van der Waals surface area contributed by atoms with Gasteiger partial charge in [-0.3, -0.25) is 9.48 Å². The fourth-order valence-electron chi connectivity index (χ4n) is 0.945. The van der Waals surface area contributed by atoms with Crippen LogP contribution in [0.25, 0.3) is 0 Å². The second kappa shape index (κ2) is 3.79. The summed E-state index contributed by atoms with van der Waals surface area (Å²) in [5.41, 5.74) is 0.801. The van der Waals surface area contributed by atoms with Gasteiger partial charge in [0.05, 0.1) is 29.4 Å². The van der Waals surface area contributed by atoms with E-state index in [2.05, 4.69) is 5.10 Å². The van der Waals surface area contributed by atoms with Gasteiger partial charge in [-0.1, -0.05) is 18.5 Å². The van der Waals surface area contributed by atoms with E-state index in [0.717, 1.165) is 5.69 Å². The van der Waals surface area contributed by atoms with Crippen molar-refractivity contribution in [3.63, 3.8) is 0 Å². The number of carboxylic acids is 1. The molecular formula is C8H11ClN2O2. The molecule has 5 heteroatoms. The Morgan fingerprint density at radius 2 is 2.46 bits per heavy atom. The fourth-order valence-corrected chi connectivity index (χ4v) is 1.09. The Morgan fingerprint density at radius 3 is 2.85 bits per heavy atom. The van der Waals surface area contributed by atoms with Crippen LogP contribution in [0.3, 0.4) is 0 Å². The zero-order valence-corrected chi connectivity index (χ0v) is 8.25. The minimum absolute atomic E-state index is 0.355. The molecule has 0 aliphatic heterocycles. The summed E-state index contributed by atoms with van der Waals surface area (Å²) >= 11 is 5.76. The quantitative estimate of drug-likeness (QED) is 0.810.